The Morgan fingerprint density at radius 3 is 2.82 bits per heavy atom. The van der Waals surface area contributed by atoms with E-state index < -0.39 is 15.7 Å². The van der Waals surface area contributed by atoms with Crippen LogP contribution in [0.2, 0.25) is 0 Å². The molecule has 0 aliphatic carbocycles. The normalized spacial score (nSPS) is 18.2. The summed E-state index contributed by atoms with van der Waals surface area (Å²) in [7, 11) is -3.04. The number of aromatic amines is 1. The molecule has 28 heavy (non-hydrogen) atoms. The van der Waals surface area contributed by atoms with Gasteiger partial charge >= 0.3 is 0 Å². The maximum Gasteiger partial charge on any atom is 0.271 e. The van der Waals surface area contributed by atoms with E-state index in [-0.39, 0.29) is 23.2 Å². The van der Waals surface area contributed by atoms with E-state index in [1.54, 1.807) is 0 Å². The highest BCUT2D eigenvalue weighted by atomic mass is 32.2. The van der Waals surface area contributed by atoms with Crippen molar-refractivity contribution in [3.63, 3.8) is 0 Å². The van der Waals surface area contributed by atoms with Crippen LogP contribution in [0.1, 0.15) is 22.5 Å². The second kappa shape index (κ2) is 7.59. The van der Waals surface area contributed by atoms with Crippen LogP contribution in [0.3, 0.4) is 0 Å². The van der Waals surface area contributed by atoms with E-state index in [2.05, 4.69) is 31.7 Å². The monoisotopic (exact) mass is 399 g/mol. The molecule has 4 rings (SSSR count). The van der Waals surface area contributed by atoms with E-state index in [4.69, 9.17) is 0 Å². The van der Waals surface area contributed by atoms with Crippen LogP contribution in [0.5, 0.6) is 0 Å². The van der Waals surface area contributed by atoms with Crippen molar-refractivity contribution >= 4 is 32.5 Å². The van der Waals surface area contributed by atoms with Crippen molar-refractivity contribution < 1.29 is 13.2 Å². The van der Waals surface area contributed by atoms with E-state index in [0.717, 1.165) is 11.9 Å². The maximum absolute atomic E-state index is 12.2. The van der Waals surface area contributed by atoms with Gasteiger partial charge in [0.25, 0.3) is 5.91 Å². The molecule has 146 valence electrons. The fraction of sp³-hybridized carbons (Fsp3) is 0.316. The molecule has 1 amide bonds. The number of anilines is 1. The summed E-state index contributed by atoms with van der Waals surface area (Å²) in [6.45, 7) is 0.683. The van der Waals surface area contributed by atoms with Gasteiger partial charge in [-0.3, -0.25) is 4.79 Å². The SMILES string of the molecule is O=C(NC1CCS(=O)(=O)C1)c1cnc(NCCc2c[nH]c3ccccc23)cn1. The summed E-state index contributed by atoms with van der Waals surface area (Å²) in [4.78, 5) is 23.8. The molecule has 0 spiro atoms. The molecule has 1 aliphatic rings. The Kier molecular flexibility index (Phi) is 4.99. The molecule has 0 radical (unpaired) electrons. The first-order valence-corrected chi connectivity index (χ1v) is 10.9. The number of aromatic nitrogens is 3. The molecule has 1 unspecified atom stereocenters. The number of nitrogens with zero attached hydrogens (tertiary/aromatic N) is 2. The predicted molar refractivity (Wildman–Crippen MR) is 107 cm³/mol. The van der Waals surface area contributed by atoms with Crippen LogP contribution in [0.4, 0.5) is 5.82 Å². The van der Waals surface area contributed by atoms with E-state index in [0.29, 0.717) is 18.8 Å². The van der Waals surface area contributed by atoms with Gasteiger partial charge in [-0.15, -0.1) is 0 Å². The van der Waals surface area contributed by atoms with Crippen LogP contribution in [0.25, 0.3) is 10.9 Å². The highest BCUT2D eigenvalue weighted by molar-refractivity contribution is 7.91. The average Bonchev–Trinajstić information content (AvgIpc) is 3.25. The van der Waals surface area contributed by atoms with Gasteiger partial charge < -0.3 is 15.6 Å². The first-order valence-electron chi connectivity index (χ1n) is 9.12. The Hall–Kier alpha value is -2.94. The quantitative estimate of drug-likeness (QED) is 0.579. The lowest BCUT2D eigenvalue weighted by molar-refractivity contribution is 0.0935. The van der Waals surface area contributed by atoms with Crippen molar-refractivity contribution in [2.24, 2.45) is 0 Å². The maximum atomic E-state index is 12.2. The zero-order chi connectivity index (χ0) is 19.6. The predicted octanol–water partition coefficient (Wildman–Crippen LogP) is 1.53. The molecule has 8 nitrogen and oxygen atoms in total. The molecule has 3 aromatic rings. The second-order valence-corrected chi connectivity index (χ2v) is 9.13. The molecule has 1 aromatic carbocycles. The van der Waals surface area contributed by atoms with Crippen LogP contribution in [0.15, 0.2) is 42.9 Å². The lowest BCUT2D eigenvalue weighted by Crippen LogP contribution is -2.36. The number of H-pyrrole nitrogens is 1. The van der Waals surface area contributed by atoms with Gasteiger partial charge in [-0.25, -0.2) is 18.4 Å². The highest BCUT2D eigenvalue weighted by Crippen LogP contribution is 2.18. The number of fused-ring (bicyclic) bond motifs is 1. The standard InChI is InChI=1S/C19H21N5O3S/c25-19(24-14-6-8-28(26,27)12-14)17-10-23-18(11-22-17)20-7-5-13-9-21-16-4-2-1-3-15(13)16/h1-4,9-11,14,21H,5-8,12H2,(H,20,23)(H,24,25). The van der Waals surface area contributed by atoms with Crippen molar-refractivity contribution in [1.82, 2.24) is 20.3 Å². The van der Waals surface area contributed by atoms with Gasteiger partial charge in [0, 0.05) is 29.7 Å². The Balaban J connectivity index is 1.30. The average molecular weight is 399 g/mol. The third kappa shape index (κ3) is 4.14. The zero-order valence-electron chi connectivity index (χ0n) is 15.2. The molecule has 9 heteroatoms. The van der Waals surface area contributed by atoms with Gasteiger partial charge in [-0.1, -0.05) is 18.2 Å². The van der Waals surface area contributed by atoms with Gasteiger partial charge in [0.05, 0.1) is 23.9 Å². The molecule has 3 heterocycles. The van der Waals surface area contributed by atoms with Gasteiger partial charge in [0.15, 0.2) is 9.84 Å². The Bertz CT molecular complexity index is 1090. The van der Waals surface area contributed by atoms with Crippen molar-refractivity contribution in [3.8, 4) is 0 Å². The molecule has 0 bridgehead atoms. The van der Waals surface area contributed by atoms with Gasteiger partial charge in [0.1, 0.15) is 11.5 Å². The van der Waals surface area contributed by atoms with Crippen LogP contribution in [-0.4, -0.2) is 53.4 Å². The second-order valence-electron chi connectivity index (χ2n) is 6.90. The summed E-state index contributed by atoms with van der Waals surface area (Å²) in [6, 6.07) is 7.79. The lowest BCUT2D eigenvalue weighted by Gasteiger charge is -2.10. The Morgan fingerprint density at radius 1 is 1.21 bits per heavy atom. The molecule has 1 aliphatic heterocycles. The third-order valence-corrected chi connectivity index (χ3v) is 6.60. The fourth-order valence-corrected chi connectivity index (χ4v) is 5.04. The number of benzene rings is 1. The first-order chi connectivity index (χ1) is 13.5. The van der Waals surface area contributed by atoms with Crippen molar-refractivity contribution in [3.05, 3.63) is 54.1 Å². The number of rotatable bonds is 6. The minimum atomic E-state index is -3.04. The summed E-state index contributed by atoms with van der Waals surface area (Å²) in [6.07, 6.45) is 6.18. The summed E-state index contributed by atoms with van der Waals surface area (Å²) in [5.74, 6) is 0.280. The first kappa shape index (κ1) is 18.4. The van der Waals surface area contributed by atoms with Crippen LogP contribution in [0, 0.1) is 0 Å². The third-order valence-electron chi connectivity index (χ3n) is 4.83. The number of carbonyl (C=O) groups is 1. The van der Waals surface area contributed by atoms with Crippen LogP contribution in [-0.2, 0) is 16.3 Å². The van der Waals surface area contributed by atoms with E-state index in [1.807, 2.05) is 24.4 Å². The summed E-state index contributed by atoms with van der Waals surface area (Å²) in [5, 5.41) is 7.11. The van der Waals surface area contributed by atoms with E-state index in [1.165, 1.54) is 23.3 Å². The molecular weight excluding hydrogens is 378 g/mol. The number of hydrogen-bond donors (Lipinski definition) is 3. The van der Waals surface area contributed by atoms with Gasteiger partial charge in [-0.05, 0) is 24.5 Å². The number of hydrogen-bond acceptors (Lipinski definition) is 6. The number of carbonyl (C=O) groups excluding carboxylic acids is 1. The number of nitrogens with one attached hydrogen (secondary N) is 3. The number of sulfone groups is 1. The van der Waals surface area contributed by atoms with Crippen molar-refractivity contribution in [2.75, 3.05) is 23.4 Å². The fourth-order valence-electron chi connectivity index (χ4n) is 3.37. The summed E-state index contributed by atoms with van der Waals surface area (Å²) >= 11 is 0. The minimum Gasteiger partial charge on any atom is -0.368 e. The lowest BCUT2D eigenvalue weighted by atomic mass is 10.1. The topological polar surface area (TPSA) is 117 Å². The zero-order valence-corrected chi connectivity index (χ0v) is 16.0. The Labute approximate surface area is 162 Å². The number of para-hydroxylation sites is 1. The van der Waals surface area contributed by atoms with E-state index in [9.17, 15) is 13.2 Å². The van der Waals surface area contributed by atoms with Crippen molar-refractivity contribution in [2.45, 2.75) is 18.9 Å². The van der Waals surface area contributed by atoms with Crippen LogP contribution >= 0.6 is 0 Å². The highest BCUT2D eigenvalue weighted by Gasteiger charge is 2.29. The molecule has 0 saturated carbocycles. The molecule has 1 saturated heterocycles. The minimum absolute atomic E-state index is 0.0142. The molecule has 2 aromatic heterocycles. The summed E-state index contributed by atoms with van der Waals surface area (Å²) in [5.41, 5.74) is 2.51. The molecular formula is C19H21N5O3S. The molecule has 1 fully saturated rings. The molecule has 3 N–H and O–H groups in total. The van der Waals surface area contributed by atoms with Gasteiger partial charge in [-0.2, -0.15) is 0 Å². The largest absolute Gasteiger partial charge is 0.368 e. The smallest absolute Gasteiger partial charge is 0.271 e. The van der Waals surface area contributed by atoms with Crippen molar-refractivity contribution in [1.29, 1.82) is 0 Å². The summed E-state index contributed by atoms with van der Waals surface area (Å²) < 4.78 is 22.9. The number of amides is 1. The molecule has 1 atom stereocenters. The Morgan fingerprint density at radius 2 is 2.07 bits per heavy atom. The van der Waals surface area contributed by atoms with Crippen LogP contribution < -0.4 is 10.6 Å². The van der Waals surface area contributed by atoms with E-state index >= 15 is 0 Å². The van der Waals surface area contributed by atoms with Gasteiger partial charge in [0.2, 0.25) is 0 Å².